The van der Waals surface area contributed by atoms with Crippen molar-refractivity contribution in [2.75, 3.05) is 0 Å². The summed E-state index contributed by atoms with van der Waals surface area (Å²) in [5, 5.41) is 6.42. The van der Waals surface area contributed by atoms with Crippen LogP contribution < -0.4 is 5.32 Å². The molecule has 0 bridgehead atoms. The van der Waals surface area contributed by atoms with Gasteiger partial charge in [-0.3, -0.25) is 9.59 Å². The Balaban J connectivity index is 1.54. The quantitative estimate of drug-likeness (QED) is 0.396. The van der Waals surface area contributed by atoms with Gasteiger partial charge in [-0.05, 0) is 42.0 Å². The summed E-state index contributed by atoms with van der Waals surface area (Å²) in [6.07, 6.45) is 5.47. The number of carbonyl (C=O) groups is 2. The van der Waals surface area contributed by atoms with Gasteiger partial charge < -0.3 is 14.8 Å². The number of carbonyl (C=O) groups excluding carboxylic acids is 2. The highest BCUT2D eigenvalue weighted by molar-refractivity contribution is 7.09. The molecule has 5 nitrogen and oxygen atoms in total. The number of thiophene rings is 1. The number of nitrogens with one attached hydrogen (secondary N) is 1. The molecule has 1 atom stereocenters. The summed E-state index contributed by atoms with van der Waals surface area (Å²) in [5.74, 6) is -0.188. The molecule has 2 aromatic heterocycles. The van der Waals surface area contributed by atoms with Crippen LogP contribution in [0.25, 0.3) is 10.9 Å². The summed E-state index contributed by atoms with van der Waals surface area (Å²) in [6.45, 7) is 0.778. The van der Waals surface area contributed by atoms with Crippen LogP contribution in [0.4, 0.5) is 0 Å². The summed E-state index contributed by atoms with van der Waals surface area (Å²) in [7, 11) is 0. The molecule has 0 spiro atoms. The van der Waals surface area contributed by atoms with Crippen molar-refractivity contribution in [3.8, 4) is 0 Å². The Labute approximate surface area is 209 Å². The first-order valence-electron chi connectivity index (χ1n) is 12.5. The third-order valence-corrected chi connectivity index (χ3v) is 8.45. The highest BCUT2D eigenvalue weighted by atomic mass is 32.1. The minimum Gasteiger partial charge on any atom is -0.351 e. The lowest BCUT2D eigenvalue weighted by molar-refractivity contribution is -0.136. The molecular formula is C29H29N3O2S. The van der Waals surface area contributed by atoms with Crippen molar-refractivity contribution in [2.45, 2.75) is 56.8 Å². The fourth-order valence-corrected chi connectivity index (χ4v) is 6.48. The van der Waals surface area contributed by atoms with Crippen molar-refractivity contribution >= 4 is 34.1 Å². The van der Waals surface area contributed by atoms with Crippen molar-refractivity contribution in [1.29, 1.82) is 0 Å². The van der Waals surface area contributed by atoms with E-state index in [1.807, 2.05) is 83.1 Å². The van der Waals surface area contributed by atoms with E-state index in [-0.39, 0.29) is 17.9 Å². The molecule has 0 radical (unpaired) electrons. The Morgan fingerprint density at radius 3 is 2.51 bits per heavy atom. The van der Waals surface area contributed by atoms with Gasteiger partial charge in [0.1, 0.15) is 5.69 Å². The van der Waals surface area contributed by atoms with E-state index in [9.17, 15) is 9.59 Å². The van der Waals surface area contributed by atoms with E-state index in [0.717, 1.165) is 47.0 Å². The van der Waals surface area contributed by atoms with Gasteiger partial charge in [0.15, 0.2) is 5.54 Å². The molecule has 4 aromatic rings. The maximum atomic E-state index is 14.4. The van der Waals surface area contributed by atoms with Crippen LogP contribution in [0.5, 0.6) is 0 Å². The molecule has 178 valence electrons. The molecule has 1 N–H and O–H groups in total. The molecule has 6 heteroatoms. The minimum absolute atomic E-state index is 0.0797. The van der Waals surface area contributed by atoms with E-state index in [2.05, 4.69) is 9.88 Å². The van der Waals surface area contributed by atoms with E-state index in [0.29, 0.717) is 18.8 Å². The molecule has 35 heavy (non-hydrogen) atoms. The summed E-state index contributed by atoms with van der Waals surface area (Å²) in [4.78, 5) is 31.5. The van der Waals surface area contributed by atoms with Gasteiger partial charge in [-0.25, -0.2) is 0 Å². The lowest BCUT2D eigenvalue weighted by Gasteiger charge is -2.47. The second-order valence-corrected chi connectivity index (χ2v) is 10.7. The highest BCUT2D eigenvalue weighted by Gasteiger charge is 2.52. The van der Waals surface area contributed by atoms with E-state index in [4.69, 9.17) is 0 Å². The molecule has 1 fully saturated rings. The van der Waals surface area contributed by atoms with Gasteiger partial charge in [0.05, 0.1) is 13.1 Å². The first-order valence-corrected chi connectivity index (χ1v) is 13.3. The second kappa shape index (κ2) is 9.00. The second-order valence-electron chi connectivity index (χ2n) is 9.68. The number of rotatable bonds is 5. The van der Waals surface area contributed by atoms with Gasteiger partial charge in [-0.2, -0.15) is 0 Å². The molecule has 2 amide bonds. The van der Waals surface area contributed by atoms with Gasteiger partial charge >= 0.3 is 0 Å². The fourth-order valence-electron chi connectivity index (χ4n) is 5.79. The Bertz CT molecular complexity index is 1360. The third-order valence-electron chi connectivity index (χ3n) is 7.58. The fraction of sp³-hybridized carbons (Fsp3) is 0.310. The Morgan fingerprint density at radius 2 is 1.74 bits per heavy atom. The number of benzene rings is 2. The summed E-state index contributed by atoms with van der Waals surface area (Å²) in [5.41, 5.74) is 1.33. The van der Waals surface area contributed by atoms with Crippen LogP contribution in [0.2, 0.25) is 0 Å². The van der Waals surface area contributed by atoms with E-state index in [1.165, 1.54) is 6.42 Å². The van der Waals surface area contributed by atoms with Gasteiger partial charge in [0.2, 0.25) is 0 Å². The first-order chi connectivity index (χ1) is 17.2. The lowest BCUT2D eigenvalue weighted by Crippen LogP contribution is -2.64. The third kappa shape index (κ3) is 3.76. The summed E-state index contributed by atoms with van der Waals surface area (Å²) < 4.78 is 2.05. The van der Waals surface area contributed by atoms with Crippen LogP contribution in [0.1, 0.15) is 53.0 Å². The predicted octanol–water partition coefficient (Wildman–Crippen LogP) is 5.70. The molecule has 3 heterocycles. The van der Waals surface area contributed by atoms with Gasteiger partial charge in [0.25, 0.3) is 11.8 Å². The zero-order valence-corrected chi connectivity index (χ0v) is 20.5. The van der Waals surface area contributed by atoms with E-state index < -0.39 is 5.54 Å². The molecule has 1 aliphatic heterocycles. The van der Waals surface area contributed by atoms with Crippen LogP contribution in [-0.2, 0) is 23.4 Å². The largest absolute Gasteiger partial charge is 0.351 e. The molecule has 0 saturated heterocycles. The van der Waals surface area contributed by atoms with Crippen molar-refractivity contribution in [1.82, 2.24) is 14.8 Å². The Hall–Kier alpha value is -3.38. The molecule has 6 rings (SSSR count). The smallest absolute Gasteiger partial charge is 0.272 e. The summed E-state index contributed by atoms with van der Waals surface area (Å²) in [6, 6.07) is 24.1. The van der Waals surface area contributed by atoms with Crippen LogP contribution in [0, 0.1) is 0 Å². The Kier molecular flexibility index (Phi) is 5.69. The number of para-hydroxylation sites is 1. The summed E-state index contributed by atoms with van der Waals surface area (Å²) >= 11 is 1.62. The molecule has 0 unspecified atom stereocenters. The highest BCUT2D eigenvalue weighted by Crippen LogP contribution is 2.41. The van der Waals surface area contributed by atoms with Crippen LogP contribution >= 0.6 is 11.3 Å². The average molecular weight is 484 g/mol. The van der Waals surface area contributed by atoms with Crippen molar-refractivity contribution in [2.24, 2.45) is 0 Å². The number of hydrogen-bond acceptors (Lipinski definition) is 3. The van der Waals surface area contributed by atoms with Gasteiger partial charge in [-0.1, -0.05) is 73.9 Å². The lowest BCUT2D eigenvalue weighted by atomic mass is 9.83. The standard InChI is InChI=1S/C29H29N3O2S/c33-27-26-18-21-10-7-8-16-25(21)31(26)20-29(22-11-3-1-4-12-22,32(27)19-24-15-9-17-35-24)28(34)30-23-13-5-2-6-14-23/h1,3-4,7-12,15-18,23H,2,5-6,13-14,19-20H2,(H,30,34)/t29-/m0/s1. The minimum atomic E-state index is -1.14. The van der Waals surface area contributed by atoms with E-state index >= 15 is 0 Å². The number of fused-ring (bicyclic) bond motifs is 3. The number of nitrogens with zero attached hydrogens (tertiary/aromatic N) is 2. The monoisotopic (exact) mass is 483 g/mol. The maximum absolute atomic E-state index is 14.4. The molecule has 1 aliphatic carbocycles. The number of amides is 2. The van der Waals surface area contributed by atoms with E-state index in [1.54, 1.807) is 11.3 Å². The maximum Gasteiger partial charge on any atom is 0.272 e. The van der Waals surface area contributed by atoms with Crippen molar-refractivity contribution < 1.29 is 9.59 Å². The molecule has 2 aliphatic rings. The average Bonchev–Trinajstić information content (AvgIpc) is 3.55. The number of hydrogen-bond donors (Lipinski definition) is 1. The SMILES string of the molecule is O=C1c2cc3ccccc3n2C[C@@](C(=O)NC2CCCCC2)(c2ccccc2)N1Cc1cccs1. The Morgan fingerprint density at radius 1 is 0.971 bits per heavy atom. The topological polar surface area (TPSA) is 54.3 Å². The normalized spacial score (nSPS) is 20.7. The molecular weight excluding hydrogens is 454 g/mol. The zero-order valence-electron chi connectivity index (χ0n) is 19.7. The van der Waals surface area contributed by atoms with Crippen LogP contribution in [0.3, 0.4) is 0 Å². The number of aromatic nitrogens is 1. The molecule has 1 saturated carbocycles. The van der Waals surface area contributed by atoms with Crippen molar-refractivity contribution in [3.63, 3.8) is 0 Å². The van der Waals surface area contributed by atoms with Gasteiger partial charge in [0, 0.05) is 21.8 Å². The first kappa shape index (κ1) is 22.1. The van der Waals surface area contributed by atoms with Crippen LogP contribution in [0.15, 0.2) is 78.2 Å². The zero-order chi connectivity index (χ0) is 23.8. The predicted molar refractivity (Wildman–Crippen MR) is 139 cm³/mol. The van der Waals surface area contributed by atoms with Gasteiger partial charge in [-0.15, -0.1) is 11.3 Å². The van der Waals surface area contributed by atoms with Crippen LogP contribution in [-0.4, -0.2) is 27.3 Å². The molecule has 2 aromatic carbocycles. The van der Waals surface area contributed by atoms with Crippen molar-refractivity contribution in [3.05, 3.63) is 94.3 Å².